The van der Waals surface area contributed by atoms with E-state index in [-0.39, 0.29) is 11.9 Å². The van der Waals surface area contributed by atoms with Gasteiger partial charge in [-0.2, -0.15) is 0 Å². The van der Waals surface area contributed by atoms with Crippen LogP contribution >= 0.6 is 22.7 Å². The quantitative estimate of drug-likeness (QED) is 0.683. The molecule has 1 saturated heterocycles. The minimum atomic E-state index is 0.0549. The van der Waals surface area contributed by atoms with Gasteiger partial charge in [-0.3, -0.25) is 4.79 Å². The molecular weight excluding hydrogens is 324 g/mol. The highest BCUT2D eigenvalue weighted by molar-refractivity contribution is 7.13. The Balaban J connectivity index is 1.59. The first kappa shape index (κ1) is 14.6. The first-order valence-corrected chi connectivity index (χ1v) is 9.44. The Morgan fingerprint density at radius 3 is 2.78 bits per heavy atom. The van der Waals surface area contributed by atoms with Gasteiger partial charge >= 0.3 is 0 Å². The van der Waals surface area contributed by atoms with Gasteiger partial charge in [0.05, 0.1) is 6.04 Å². The molecule has 0 radical (unpaired) electrons. The van der Waals surface area contributed by atoms with E-state index in [1.54, 1.807) is 11.3 Å². The molecule has 0 aliphatic carbocycles. The molecule has 1 aliphatic rings. The summed E-state index contributed by atoms with van der Waals surface area (Å²) < 4.78 is 0. The number of benzene rings is 1. The molecule has 1 aliphatic heterocycles. The van der Waals surface area contributed by atoms with Crippen molar-refractivity contribution in [1.82, 2.24) is 9.88 Å². The van der Waals surface area contributed by atoms with Crippen molar-refractivity contribution in [2.45, 2.75) is 18.9 Å². The number of hydrogen-bond donors (Lipinski definition) is 0. The highest BCUT2D eigenvalue weighted by atomic mass is 32.1. The highest BCUT2D eigenvalue weighted by Crippen LogP contribution is 2.36. The molecule has 1 atom stereocenters. The first-order valence-electron chi connectivity index (χ1n) is 7.68. The number of carbonyl (C=O) groups excluding carboxylic acids is 1. The largest absolute Gasteiger partial charge is 0.329 e. The van der Waals surface area contributed by atoms with Gasteiger partial charge in [0.2, 0.25) is 0 Å². The molecule has 0 bridgehead atoms. The lowest BCUT2D eigenvalue weighted by atomic mass is 10.2. The third-order valence-electron chi connectivity index (χ3n) is 4.13. The summed E-state index contributed by atoms with van der Waals surface area (Å²) in [6.07, 6.45) is 2.10. The first-order chi connectivity index (χ1) is 11.3. The summed E-state index contributed by atoms with van der Waals surface area (Å²) in [6, 6.07) is 14.4. The van der Waals surface area contributed by atoms with Crippen LogP contribution in [0, 0.1) is 0 Å². The highest BCUT2D eigenvalue weighted by Gasteiger charge is 2.32. The van der Waals surface area contributed by atoms with Crippen molar-refractivity contribution in [1.29, 1.82) is 0 Å². The third kappa shape index (κ3) is 2.82. The number of nitrogens with zero attached hydrogens (tertiary/aromatic N) is 2. The Morgan fingerprint density at radius 2 is 2.00 bits per heavy atom. The van der Waals surface area contributed by atoms with Gasteiger partial charge in [0, 0.05) is 22.4 Å². The number of thiazole rings is 1. The Kier molecular flexibility index (Phi) is 3.97. The minimum Gasteiger partial charge on any atom is -0.329 e. The lowest BCUT2D eigenvalue weighted by molar-refractivity contribution is 0.0733. The Labute approximate surface area is 143 Å². The normalized spacial score (nSPS) is 17.6. The fourth-order valence-corrected chi connectivity index (χ4v) is 4.69. The number of likely N-dealkylation sites (tertiary alicyclic amines) is 1. The maximum atomic E-state index is 12.9. The van der Waals surface area contributed by atoms with E-state index in [1.807, 2.05) is 40.6 Å². The maximum absolute atomic E-state index is 12.9. The molecule has 0 N–H and O–H groups in total. The molecule has 0 saturated carbocycles. The molecule has 5 heteroatoms. The van der Waals surface area contributed by atoms with Crippen LogP contribution in [0.25, 0.3) is 10.6 Å². The lowest BCUT2D eigenvalue weighted by Gasteiger charge is -2.22. The van der Waals surface area contributed by atoms with Crippen molar-refractivity contribution in [2.75, 3.05) is 6.54 Å². The number of amides is 1. The molecule has 3 aromatic rings. The van der Waals surface area contributed by atoms with E-state index >= 15 is 0 Å². The van der Waals surface area contributed by atoms with E-state index in [2.05, 4.69) is 22.5 Å². The van der Waals surface area contributed by atoms with Gasteiger partial charge in [-0.15, -0.1) is 22.7 Å². The average Bonchev–Trinajstić information content (AvgIpc) is 3.34. The van der Waals surface area contributed by atoms with E-state index in [4.69, 9.17) is 0 Å². The Hall–Kier alpha value is -1.98. The second-order valence-electron chi connectivity index (χ2n) is 5.58. The van der Waals surface area contributed by atoms with Gasteiger partial charge in [0.1, 0.15) is 10.7 Å². The third-order valence-corrected chi connectivity index (χ3v) is 5.99. The van der Waals surface area contributed by atoms with Gasteiger partial charge in [-0.05, 0) is 24.3 Å². The number of hydrogen-bond acceptors (Lipinski definition) is 4. The van der Waals surface area contributed by atoms with Crippen LogP contribution in [0.2, 0.25) is 0 Å². The molecule has 1 unspecified atom stereocenters. The molecule has 4 rings (SSSR count). The SMILES string of the molecule is O=C(c1csc(-c2ccccc2)n1)N1CCCC1c1cccs1. The summed E-state index contributed by atoms with van der Waals surface area (Å²) in [5.74, 6) is 0.0549. The van der Waals surface area contributed by atoms with Crippen LogP contribution in [0.15, 0.2) is 53.2 Å². The van der Waals surface area contributed by atoms with Crippen LogP contribution in [-0.4, -0.2) is 22.3 Å². The smallest absolute Gasteiger partial charge is 0.273 e. The fourth-order valence-electron chi connectivity index (χ4n) is 3.02. The van der Waals surface area contributed by atoms with E-state index in [0.717, 1.165) is 30.0 Å². The van der Waals surface area contributed by atoms with Gasteiger partial charge in [0.15, 0.2) is 0 Å². The van der Waals surface area contributed by atoms with Crippen LogP contribution in [0.4, 0.5) is 0 Å². The van der Waals surface area contributed by atoms with E-state index in [1.165, 1.54) is 16.2 Å². The number of carbonyl (C=O) groups is 1. The zero-order valence-corrected chi connectivity index (χ0v) is 14.1. The average molecular weight is 340 g/mol. The summed E-state index contributed by atoms with van der Waals surface area (Å²) in [4.78, 5) is 20.7. The van der Waals surface area contributed by atoms with Crippen LogP contribution < -0.4 is 0 Å². The lowest BCUT2D eigenvalue weighted by Crippen LogP contribution is -2.30. The maximum Gasteiger partial charge on any atom is 0.273 e. The van der Waals surface area contributed by atoms with Crippen LogP contribution in [-0.2, 0) is 0 Å². The Morgan fingerprint density at radius 1 is 1.13 bits per heavy atom. The summed E-state index contributed by atoms with van der Waals surface area (Å²) in [5, 5.41) is 4.86. The predicted molar refractivity (Wildman–Crippen MR) is 94.9 cm³/mol. The molecule has 3 heterocycles. The topological polar surface area (TPSA) is 33.2 Å². The van der Waals surface area contributed by atoms with Gasteiger partial charge in [0.25, 0.3) is 5.91 Å². The van der Waals surface area contributed by atoms with Crippen LogP contribution in [0.5, 0.6) is 0 Å². The van der Waals surface area contributed by atoms with Gasteiger partial charge in [-0.25, -0.2) is 4.98 Å². The summed E-state index contributed by atoms with van der Waals surface area (Å²) >= 11 is 3.26. The van der Waals surface area contributed by atoms with Gasteiger partial charge < -0.3 is 4.90 Å². The van der Waals surface area contributed by atoms with Crippen molar-refractivity contribution < 1.29 is 4.79 Å². The zero-order chi connectivity index (χ0) is 15.6. The standard InChI is InChI=1S/C18H16N2OS2/c21-18(20-10-4-8-15(20)16-9-5-11-22-16)14-12-23-17(19-14)13-6-2-1-3-7-13/h1-3,5-7,9,11-12,15H,4,8,10H2. The van der Waals surface area contributed by atoms with Crippen LogP contribution in [0.1, 0.15) is 34.2 Å². The molecule has 116 valence electrons. The Bertz CT molecular complexity index is 796. The number of thiophene rings is 1. The molecular formula is C18H16N2OS2. The van der Waals surface area contributed by atoms with Crippen LogP contribution in [0.3, 0.4) is 0 Å². The molecule has 1 aromatic carbocycles. The minimum absolute atomic E-state index is 0.0549. The van der Waals surface area contributed by atoms with Crippen molar-refractivity contribution in [2.24, 2.45) is 0 Å². The molecule has 0 spiro atoms. The second-order valence-corrected chi connectivity index (χ2v) is 7.41. The fraction of sp³-hybridized carbons (Fsp3) is 0.222. The van der Waals surface area contributed by atoms with E-state index in [0.29, 0.717) is 5.69 Å². The number of aromatic nitrogens is 1. The summed E-state index contributed by atoms with van der Waals surface area (Å²) in [6.45, 7) is 0.819. The summed E-state index contributed by atoms with van der Waals surface area (Å²) in [7, 11) is 0. The molecule has 3 nitrogen and oxygen atoms in total. The van der Waals surface area contributed by atoms with E-state index < -0.39 is 0 Å². The summed E-state index contributed by atoms with van der Waals surface area (Å²) in [5.41, 5.74) is 1.63. The zero-order valence-electron chi connectivity index (χ0n) is 12.5. The predicted octanol–water partition coefficient (Wildman–Crippen LogP) is 4.85. The second kappa shape index (κ2) is 6.26. The molecule has 1 amide bonds. The van der Waals surface area contributed by atoms with Crippen molar-refractivity contribution in [3.8, 4) is 10.6 Å². The number of rotatable bonds is 3. The molecule has 1 fully saturated rings. The van der Waals surface area contributed by atoms with Gasteiger partial charge in [-0.1, -0.05) is 36.4 Å². The van der Waals surface area contributed by atoms with Crippen molar-refractivity contribution >= 4 is 28.6 Å². The van der Waals surface area contributed by atoms with Crippen molar-refractivity contribution in [3.05, 3.63) is 63.8 Å². The monoisotopic (exact) mass is 340 g/mol. The van der Waals surface area contributed by atoms with Crippen molar-refractivity contribution in [3.63, 3.8) is 0 Å². The molecule has 2 aromatic heterocycles. The molecule has 23 heavy (non-hydrogen) atoms. The van der Waals surface area contributed by atoms with E-state index in [9.17, 15) is 4.79 Å².